The Morgan fingerprint density at radius 1 is 0.540 bits per heavy atom. The first-order chi connectivity index (χ1) is 30.6. The molecule has 0 aliphatic carbocycles. The maximum atomic E-state index is 12.1. The molecule has 18 heteroatoms. The molecule has 0 unspecified atom stereocenters. The first kappa shape index (κ1) is 42.2. The van der Waals surface area contributed by atoms with Gasteiger partial charge >= 0.3 is 0 Å². The monoisotopic (exact) mass is 858 g/mol. The number of aromatic amines is 1. The molecule has 4 fully saturated rings. The summed E-state index contributed by atoms with van der Waals surface area (Å²) >= 11 is 0. The van der Waals surface area contributed by atoms with Crippen molar-refractivity contribution >= 4 is 45.6 Å². The van der Waals surface area contributed by atoms with Crippen LogP contribution < -0.4 is 30.7 Å². The standard InChI is InChI=1S/C23H28N6O3.C22H26N6O3/c1-15-13-31-10-8-28(15)22-18-4-5-19(17-6-7-27(3)20(30)12-17)24-21(18)25-23(26-22)29-9-11-32-14-16(29)2;1-14-12-30-9-7-27(14)21-17-3-4-18(16-5-6-23-19(29)11-16)24-20(17)25-22(26-21)28-8-10-31-13-15(28)2/h4-7,12,15-16H,8-11,13-14H2,1-3H3;3-6,11,14-15H,7-10,12-13H2,1-2H3,(H,23,29)/t15-,16-;14-,15-/m00/s1. The molecule has 10 heterocycles. The van der Waals surface area contributed by atoms with Gasteiger partial charge in [-0.15, -0.1) is 0 Å². The number of hydrogen-bond donors (Lipinski definition) is 1. The van der Waals surface area contributed by atoms with Crippen LogP contribution in [0.4, 0.5) is 23.5 Å². The Balaban J connectivity index is 0.000000160. The molecule has 0 saturated carbocycles. The van der Waals surface area contributed by atoms with Crippen molar-refractivity contribution in [1.29, 1.82) is 0 Å². The number of aromatic nitrogens is 8. The van der Waals surface area contributed by atoms with Gasteiger partial charge < -0.3 is 48.1 Å². The molecule has 0 radical (unpaired) electrons. The summed E-state index contributed by atoms with van der Waals surface area (Å²) in [5.74, 6) is 3.07. The van der Waals surface area contributed by atoms with Gasteiger partial charge in [0.15, 0.2) is 11.3 Å². The third-order valence-electron chi connectivity index (χ3n) is 12.1. The minimum Gasteiger partial charge on any atom is -0.377 e. The predicted octanol–water partition coefficient (Wildman–Crippen LogP) is 3.67. The Labute approximate surface area is 364 Å². The molecule has 4 atom stereocenters. The zero-order valence-corrected chi connectivity index (χ0v) is 36.4. The molecule has 18 nitrogen and oxygen atoms in total. The van der Waals surface area contributed by atoms with E-state index in [1.165, 1.54) is 0 Å². The molecule has 0 amide bonds. The number of nitrogens with one attached hydrogen (secondary N) is 1. The van der Waals surface area contributed by atoms with Crippen LogP contribution in [-0.2, 0) is 26.0 Å². The van der Waals surface area contributed by atoms with Gasteiger partial charge in [0.25, 0.3) is 5.56 Å². The van der Waals surface area contributed by atoms with Gasteiger partial charge in [0, 0.05) is 68.9 Å². The smallest absolute Gasteiger partial charge is 0.250 e. The van der Waals surface area contributed by atoms with E-state index < -0.39 is 0 Å². The van der Waals surface area contributed by atoms with Crippen LogP contribution in [0.25, 0.3) is 44.6 Å². The average molecular weight is 859 g/mol. The highest BCUT2D eigenvalue weighted by Gasteiger charge is 2.29. The quantitative estimate of drug-likeness (QED) is 0.256. The summed E-state index contributed by atoms with van der Waals surface area (Å²) in [5.41, 5.74) is 3.97. The number of nitrogens with zero attached hydrogens (tertiary/aromatic N) is 11. The molecule has 4 saturated heterocycles. The fraction of sp³-hybridized carbons (Fsp3) is 0.467. The van der Waals surface area contributed by atoms with Crippen molar-refractivity contribution in [2.45, 2.75) is 51.9 Å². The van der Waals surface area contributed by atoms with Crippen molar-refractivity contribution in [3.8, 4) is 22.5 Å². The van der Waals surface area contributed by atoms with Gasteiger partial charge in [-0.25, -0.2) is 9.97 Å². The summed E-state index contributed by atoms with van der Waals surface area (Å²) in [4.78, 5) is 64.9. The summed E-state index contributed by atoms with van der Waals surface area (Å²) in [7, 11) is 1.73. The van der Waals surface area contributed by atoms with E-state index in [1.54, 1.807) is 36.1 Å². The second kappa shape index (κ2) is 18.3. The normalized spacial score (nSPS) is 22.0. The van der Waals surface area contributed by atoms with Gasteiger partial charge in [-0.05, 0) is 64.1 Å². The van der Waals surface area contributed by atoms with E-state index in [0.29, 0.717) is 81.7 Å². The first-order valence-corrected chi connectivity index (χ1v) is 21.7. The van der Waals surface area contributed by atoms with Crippen molar-refractivity contribution in [1.82, 2.24) is 39.5 Å². The van der Waals surface area contributed by atoms with Crippen LogP contribution in [0.1, 0.15) is 27.7 Å². The van der Waals surface area contributed by atoms with E-state index in [2.05, 4.69) is 52.3 Å². The summed E-state index contributed by atoms with van der Waals surface area (Å²) in [6, 6.07) is 15.5. The maximum absolute atomic E-state index is 12.1. The molecule has 330 valence electrons. The Hall–Kier alpha value is -6.08. The molecule has 63 heavy (non-hydrogen) atoms. The molecular formula is C45H54N12O6. The highest BCUT2D eigenvalue weighted by atomic mass is 16.5. The Morgan fingerprint density at radius 2 is 0.984 bits per heavy atom. The number of pyridine rings is 4. The van der Waals surface area contributed by atoms with Crippen LogP contribution in [0.3, 0.4) is 0 Å². The molecule has 6 aromatic heterocycles. The van der Waals surface area contributed by atoms with Crippen LogP contribution >= 0.6 is 0 Å². The minimum absolute atomic E-state index is 0.0715. The van der Waals surface area contributed by atoms with Crippen LogP contribution in [0, 0.1) is 0 Å². The molecule has 4 aliphatic heterocycles. The van der Waals surface area contributed by atoms with Gasteiger partial charge in [0.1, 0.15) is 11.6 Å². The van der Waals surface area contributed by atoms with Crippen LogP contribution in [0.2, 0.25) is 0 Å². The van der Waals surface area contributed by atoms with E-state index >= 15 is 0 Å². The minimum atomic E-state index is -0.159. The molecule has 0 spiro atoms. The van der Waals surface area contributed by atoms with Crippen molar-refractivity contribution in [3.05, 3.63) is 81.6 Å². The van der Waals surface area contributed by atoms with Gasteiger partial charge in [-0.3, -0.25) is 9.59 Å². The van der Waals surface area contributed by atoms with E-state index in [0.717, 1.165) is 65.4 Å². The number of fused-ring (bicyclic) bond motifs is 2. The highest BCUT2D eigenvalue weighted by Crippen LogP contribution is 2.33. The van der Waals surface area contributed by atoms with Crippen LogP contribution in [0.15, 0.2) is 70.5 Å². The molecule has 4 aliphatic rings. The van der Waals surface area contributed by atoms with E-state index in [-0.39, 0.29) is 35.3 Å². The summed E-state index contributed by atoms with van der Waals surface area (Å²) in [5, 5.41) is 1.79. The van der Waals surface area contributed by atoms with Crippen molar-refractivity contribution < 1.29 is 18.9 Å². The van der Waals surface area contributed by atoms with Crippen molar-refractivity contribution in [2.75, 3.05) is 98.6 Å². The first-order valence-electron chi connectivity index (χ1n) is 21.7. The maximum Gasteiger partial charge on any atom is 0.250 e. The average Bonchev–Trinajstić information content (AvgIpc) is 3.30. The lowest BCUT2D eigenvalue weighted by atomic mass is 10.1. The van der Waals surface area contributed by atoms with Gasteiger partial charge in [0.2, 0.25) is 17.5 Å². The number of anilines is 4. The van der Waals surface area contributed by atoms with Gasteiger partial charge in [-0.1, -0.05) is 0 Å². The third kappa shape index (κ3) is 8.93. The van der Waals surface area contributed by atoms with E-state index in [9.17, 15) is 9.59 Å². The number of morpholine rings is 4. The summed E-state index contributed by atoms with van der Waals surface area (Å²) in [6.45, 7) is 16.8. The topological polar surface area (TPSA) is 182 Å². The van der Waals surface area contributed by atoms with Gasteiger partial charge in [0.05, 0.1) is 99.2 Å². The number of aryl methyl sites for hydroxylation is 1. The summed E-state index contributed by atoms with van der Waals surface area (Å²) in [6.07, 6.45) is 3.39. The fourth-order valence-electron chi connectivity index (χ4n) is 8.43. The lowest BCUT2D eigenvalue weighted by Crippen LogP contribution is -2.46. The molecule has 1 N–H and O–H groups in total. The van der Waals surface area contributed by atoms with Gasteiger partial charge in [-0.2, -0.15) is 19.9 Å². The second-order valence-corrected chi connectivity index (χ2v) is 16.6. The predicted molar refractivity (Wildman–Crippen MR) is 242 cm³/mol. The van der Waals surface area contributed by atoms with E-state index in [4.69, 9.17) is 48.9 Å². The largest absolute Gasteiger partial charge is 0.377 e. The number of rotatable bonds is 6. The van der Waals surface area contributed by atoms with Crippen molar-refractivity contribution in [3.63, 3.8) is 0 Å². The highest BCUT2D eigenvalue weighted by molar-refractivity contribution is 5.91. The van der Waals surface area contributed by atoms with Crippen molar-refractivity contribution in [2.24, 2.45) is 7.05 Å². The molecular weight excluding hydrogens is 805 g/mol. The van der Waals surface area contributed by atoms with Crippen LogP contribution in [-0.4, -0.2) is 143 Å². The number of ether oxygens (including phenoxy) is 4. The zero-order chi connectivity index (χ0) is 43.6. The SMILES string of the molecule is C[C@H]1COCCN1c1nc(N2CCOC[C@@H]2C)c2ccc(-c3cc[nH]c(=O)c3)nc2n1.C[C@H]1COCCN1c1nc(N2CCOC[C@@H]2C)c2ccc(-c3ccn(C)c(=O)c3)nc2n1. The Bertz CT molecular complexity index is 2710. The third-order valence-corrected chi connectivity index (χ3v) is 12.1. The Morgan fingerprint density at radius 3 is 1.41 bits per heavy atom. The molecule has 0 bridgehead atoms. The number of H-pyrrole nitrogens is 1. The number of hydrogen-bond acceptors (Lipinski definition) is 16. The van der Waals surface area contributed by atoms with E-state index in [1.807, 2.05) is 36.4 Å². The molecule has 0 aromatic carbocycles. The lowest BCUT2D eigenvalue weighted by Gasteiger charge is -2.37. The summed E-state index contributed by atoms with van der Waals surface area (Å²) < 4.78 is 24.0. The Kier molecular flexibility index (Phi) is 12.3. The molecule has 10 rings (SSSR count). The lowest BCUT2D eigenvalue weighted by molar-refractivity contribution is 0.0972. The molecule has 6 aromatic rings. The second-order valence-electron chi connectivity index (χ2n) is 16.6. The zero-order valence-electron chi connectivity index (χ0n) is 36.4. The fourth-order valence-corrected chi connectivity index (χ4v) is 8.43. The van der Waals surface area contributed by atoms with Crippen LogP contribution in [0.5, 0.6) is 0 Å².